The quantitative estimate of drug-likeness (QED) is 0.687. The Morgan fingerprint density at radius 1 is 1.33 bits per heavy atom. The van der Waals surface area contributed by atoms with Gasteiger partial charge in [-0.3, -0.25) is 0 Å². The van der Waals surface area contributed by atoms with Gasteiger partial charge in [0.2, 0.25) is 5.88 Å². The fourth-order valence-corrected chi connectivity index (χ4v) is 1.72. The van der Waals surface area contributed by atoms with E-state index in [4.69, 9.17) is 9.84 Å². The van der Waals surface area contributed by atoms with Gasteiger partial charge in [-0.2, -0.15) is 0 Å². The number of pyridine rings is 1. The number of carboxylic acid groups (broad SMARTS) is 1. The largest absolute Gasteiger partial charge is 0.481 e. The molecule has 0 unspecified atom stereocenters. The van der Waals surface area contributed by atoms with Gasteiger partial charge in [-0.15, -0.1) is 0 Å². The number of nitrogens with one attached hydrogen (secondary N) is 3. The van der Waals surface area contributed by atoms with Crippen LogP contribution in [0.1, 0.15) is 16.2 Å². The number of rotatable bonds is 4. The molecule has 8 nitrogen and oxygen atoms in total. The average Bonchev–Trinajstić information content (AvgIpc) is 2.80. The Kier molecular flexibility index (Phi) is 4.07. The molecule has 0 aliphatic carbocycles. The van der Waals surface area contributed by atoms with Crippen LogP contribution in [-0.4, -0.2) is 34.2 Å². The zero-order valence-electron chi connectivity index (χ0n) is 11.4. The third kappa shape index (κ3) is 3.50. The second-order valence-corrected chi connectivity index (χ2v) is 4.21. The van der Waals surface area contributed by atoms with Crippen LogP contribution in [0.2, 0.25) is 0 Å². The number of H-pyrrole nitrogens is 1. The summed E-state index contributed by atoms with van der Waals surface area (Å²) in [6.45, 7) is 1.70. The fourth-order valence-electron chi connectivity index (χ4n) is 1.72. The second kappa shape index (κ2) is 5.95. The maximum atomic E-state index is 11.8. The molecule has 2 heterocycles. The second-order valence-electron chi connectivity index (χ2n) is 4.21. The summed E-state index contributed by atoms with van der Waals surface area (Å²) in [6, 6.07) is 4.18. The van der Waals surface area contributed by atoms with Crippen LogP contribution in [0.5, 0.6) is 5.88 Å². The number of carboxylic acids is 1. The molecule has 0 aromatic carbocycles. The molecule has 4 N–H and O–H groups in total. The van der Waals surface area contributed by atoms with Crippen LogP contribution in [-0.2, 0) is 0 Å². The number of nitrogens with zero attached hydrogens (tertiary/aromatic N) is 1. The molecule has 110 valence electrons. The summed E-state index contributed by atoms with van der Waals surface area (Å²) >= 11 is 0. The Morgan fingerprint density at radius 2 is 2.10 bits per heavy atom. The van der Waals surface area contributed by atoms with E-state index in [-0.39, 0.29) is 11.4 Å². The first-order valence-corrected chi connectivity index (χ1v) is 6.00. The predicted octanol–water partition coefficient (Wildman–Crippen LogP) is 2.07. The first kappa shape index (κ1) is 14.4. The van der Waals surface area contributed by atoms with Crippen LogP contribution in [0.15, 0.2) is 24.4 Å². The van der Waals surface area contributed by atoms with Crippen molar-refractivity contribution in [3.8, 4) is 5.88 Å². The van der Waals surface area contributed by atoms with Crippen LogP contribution in [0.4, 0.5) is 16.2 Å². The molecule has 0 spiro atoms. The summed E-state index contributed by atoms with van der Waals surface area (Å²) in [4.78, 5) is 29.5. The molecule has 0 aliphatic heterocycles. The molecule has 0 atom stereocenters. The Bertz CT molecular complexity index is 663. The van der Waals surface area contributed by atoms with Crippen molar-refractivity contribution in [1.29, 1.82) is 0 Å². The van der Waals surface area contributed by atoms with Gasteiger partial charge in [0.05, 0.1) is 24.7 Å². The van der Waals surface area contributed by atoms with Crippen molar-refractivity contribution in [1.82, 2.24) is 9.97 Å². The number of aryl methyl sites for hydroxylation is 1. The maximum absolute atomic E-state index is 11.8. The first-order chi connectivity index (χ1) is 9.99. The standard InChI is InChI=1S/C13H14N4O4/c1-7-5-9(11(15-7)12(18)19)17-13(20)16-8-3-4-10(21-2)14-6-8/h3-6,15H,1-2H3,(H,18,19)(H2,16,17,20). The van der Waals surface area contributed by atoms with Gasteiger partial charge in [-0.1, -0.05) is 0 Å². The Balaban J connectivity index is 2.06. The molecular weight excluding hydrogens is 276 g/mol. The molecule has 0 fully saturated rings. The minimum Gasteiger partial charge on any atom is -0.481 e. The molecular formula is C13H14N4O4. The van der Waals surface area contributed by atoms with E-state index in [1.54, 1.807) is 19.1 Å². The maximum Gasteiger partial charge on any atom is 0.354 e. The van der Waals surface area contributed by atoms with E-state index in [0.717, 1.165) is 0 Å². The highest BCUT2D eigenvalue weighted by Crippen LogP contribution is 2.17. The van der Waals surface area contributed by atoms with E-state index in [2.05, 4.69) is 20.6 Å². The Hall–Kier alpha value is -3.03. The third-order valence-corrected chi connectivity index (χ3v) is 2.62. The summed E-state index contributed by atoms with van der Waals surface area (Å²) in [5.74, 6) is -0.722. The van der Waals surface area contributed by atoms with Crippen molar-refractivity contribution in [2.45, 2.75) is 6.92 Å². The number of urea groups is 1. The smallest absolute Gasteiger partial charge is 0.354 e. The number of hydrogen-bond donors (Lipinski definition) is 4. The zero-order chi connectivity index (χ0) is 15.4. The molecule has 21 heavy (non-hydrogen) atoms. The summed E-state index contributed by atoms with van der Waals surface area (Å²) in [5.41, 5.74) is 1.21. The number of methoxy groups -OCH3 is 1. The normalized spacial score (nSPS) is 10.0. The Morgan fingerprint density at radius 3 is 2.67 bits per heavy atom. The number of anilines is 2. The van der Waals surface area contributed by atoms with E-state index in [1.165, 1.54) is 19.4 Å². The first-order valence-electron chi connectivity index (χ1n) is 6.00. The summed E-state index contributed by atoms with van der Waals surface area (Å²) in [6.07, 6.45) is 1.43. The molecule has 8 heteroatoms. The number of aromatic carboxylic acids is 1. The lowest BCUT2D eigenvalue weighted by Crippen LogP contribution is -2.20. The van der Waals surface area contributed by atoms with E-state index in [9.17, 15) is 9.59 Å². The molecule has 2 rings (SSSR count). The minimum absolute atomic E-state index is 0.0736. The predicted molar refractivity (Wildman–Crippen MR) is 75.9 cm³/mol. The lowest BCUT2D eigenvalue weighted by Gasteiger charge is -2.07. The molecule has 2 aromatic heterocycles. The topological polar surface area (TPSA) is 116 Å². The lowest BCUT2D eigenvalue weighted by molar-refractivity contribution is 0.0692. The van der Waals surface area contributed by atoms with Crippen LogP contribution < -0.4 is 15.4 Å². The number of carbonyl (C=O) groups excluding carboxylic acids is 1. The summed E-state index contributed by atoms with van der Waals surface area (Å²) in [5, 5.41) is 14.0. The van der Waals surface area contributed by atoms with Crippen LogP contribution in [0.3, 0.4) is 0 Å². The SMILES string of the molecule is COc1ccc(NC(=O)Nc2cc(C)[nH]c2C(=O)O)cn1. The number of amides is 2. The zero-order valence-corrected chi connectivity index (χ0v) is 11.4. The van der Waals surface area contributed by atoms with Gasteiger partial charge in [0.25, 0.3) is 0 Å². The van der Waals surface area contributed by atoms with E-state index >= 15 is 0 Å². The number of carbonyl (C=O) groups is 2. The monoisotopic (exact) mass is 290 g/mol. The van der Waals surface area contributed by atoms with Gasteiger partial charge >= 0.3 is 12.0 Å². The van der Waals surface area contributed by atoms with Crippen LogP contribution in [0, 0.1) is 6.92 Å². The van der Waals surface area contributed by atoms with Crippen molar-refractivity contribution >= 4 is 23.4 Å². The van der Waals surface area contributed by atoms with Gasteiger partial charge in [0, 0.05) is 11.8 Å². The highest BCUT2D eigenvalue weighted by molar-refractivity contribution is 6.04. The average molecular weight is 290 g/mol. The van der Waals surface area contributed by atoms with Crippen molar-refractivity contribution in [3.05, 3.63) is 35.8 Å². The summed E-state index contributed by atoms with van der Waals surface area (Å²) in [7, 11) is 1.49. The summed E-state index contributed by atoms with van der Waals surface area (Å²) < 4.78 is 4.91. The molecule has 0 aliphatic rings. The van der Waals surface area contributed by atoms with E-state index in [0.29, 0.717) is 17.3 Å². The fraction of sp³-hybridized carbons (Fsp3) is 0.154. The number of ether oxygens (including phenoxy) is 1. The van der Waals surface area contributed by atoms with Crippen molar-refractivity contribution in [2.75, 3.05) is 17.7 Å². The van der Waals surface area contributed by atoms with E-state index < -0.39 is 12.0 Å². The van der Waals surface area contributed by atoms with Crippen molar-refractivity contribution in [2.24, 2.45) is 0 Å². The highest BCUT2D eigenvalue weighted by atomic mass is 16.5. The highest BCUT2D eigenvalue weighted by Gasteiger charge is 2.15. The molecule has 2 amide bonds. The van der Waals surface area contributed by atoms with Gasteiger partial charge in [-0.05, 0) is 19.1 Å². The molecule has 0 radical (unpaired) electrons. The van der Waals surface area contributed by atoms with E-state index in [1.807, 2.05) is 0 Å². The molecule has 0 bridgehead atoms. The van der Waals surface area contributed by atoms with Gasteiger partial charge in [-0.25, -0.2) is 14.6 Å². The number of aromatic amines is 1. The van der Waals surface area contributed by atoms with Gasteiger partial charge in [0.1, 0.15) is 5.69 Å². The third-order valence-electron chi connectivity index (χ3n) is 2.62. The van der Waals surface area contributed by atoms with Gasteiger partial charge in [0.15, 0.2) is 0 Å². The Labute approximate surface area is 120 Å². The van der Waals surface area contributed by atoms with Crippen molar-refractivity contribution in [3.63, 3.8) is 0 Å². The molecule has 0 saturated heterocycles. The molecule has 2 aromatic rings. The van der Waals surface area contributed by atoms with Crippen LogP contribution in [0.25, 0.3) is 0 Å². The lowest BCUT2D eigenvalue weighted by atomic mass is 10.3. The number of aromatic nitrogens is 2. The van der Waals surface area contributed by atoms with Gasteiger partial charge < -0.3 is 25.5 Å². The van der Waals surface area contributed by atoms with Crippen LogP contribution >= 0.6 is 0 Å². The van der Waals surface area contributed by atoms with Crippen molar-refractivity contribution < 1.29 is 19.4 Å². The minimum atomic E-state index is -1.15. The number of hydrogen-bond acceptors (Lipinski definition) is 4. The molecule has 0 saturated carbocycles.